The molecule has 0 aliphatic rings. The highest BCUT2D eigenvalue weighted by atomic mass is 35.5. The van der Waals surface area contributed by atoms with Crippen LogP contribution in [0.1, 0.15) is 37.0 Å². The SMILES string of the molecule is CC(C)CCCOC(=O)c1cc(Cl)ncc1Cl. The first kappa shape index (κ1) is 14.3. The maximum absolute atomic E-state index is 11.7. The Bertz CT molecular complexity index is 394. The third kappa shape index (κ3) is 4.92. The Hall–Kier alpha value is -0.800. The molecule has 0 fully saturated rings. The molecule has 0 amide bonds. The largest absolute Gasteiger partial charge is 0.462 e. The summed E-state index contributed by atoms with van der Waals surface area (Å²) in [6.07, 6.45) is 3.21. The third-order valence-electron chi connectivity index (χ3n) is 2.20. The first-order valence-electron chi connectivity index (χ1n) is 5.49. The summed E-state index contributed by atoms with van der Waals surface area (Å²) in [5, 5.41) is 0.479. The van der Waals surface area contributed by atoms with Crippen molar-refractivity contribution in [1.29, 1.82) is 0 Å². The van der Waals surface area contributed by atoms with Crippen LogP contribution in [0.25, 0.3) is 0 Å². The van der Waals surface area contributed by atoms with Crippen LogP contribution >= 0.6 is 23.2 Å². The van der Waals surface area contributed by atoms with Crippen LogP contribution in [0, 0.1) is 5.92 Å². The maximum atomic E-state index is 11.7. The Kier molecular flexibility index (Phi) is 5.72. The van der Waals surface area contributed by atoms with Gasteiger partial charge in [-0.15, -0.1) is 0 Å². The van der Waals surface area contributed by atoms with Crippen LogP contribution in [0.15, 0.2) is 12.3 Å². The molecule has 0 N–H and O–H groups in total. The van der Waals surface area contributed by atoms with Gasteiger partial charge in [0.25, 0.3) is 0 Å². The van der Waals surface area contributed by atoms with Crippen LogP contribution in [0.5, 0.6) is 0 Å². The third-order valence-corrected chi connectivity index (χ3v) is 2.71. The topological polar surface area (TPSA) is 39.2 Å². The number of carbonyl (C=O) groups excluding carboxylic acids is 1. The number of rotatable bonds is 5. The van der Waals surface area contributed by atoms with Crippen molar-refractivity contribution in [2.45, 2.75) is 26.7 Å². The van der Waals surface area contributed by atoms with Crippen molar-refractivity contribution in [1.82, 2.24) is 4.98 Å². The molecule has 0 spiro atoms. The predicted molar refractivity (Wildman–Crippen MR) is 68.6 cm³/mol. The number of halogens is 2. The summed E-state index contributed by atoms with van der Waals surface area (Å²) in [4.78, 5) is 15.4. The van der Waals surface area contributed by atoms with Crippen LogP contribution in [-0.2, 0) is 4.74 Å². The molecule has 0 saturated heterocycles. The van der Waals surface area contributed by atoms with Crippen LogP contribution in [0.2, 0.25) is 10.2 Å². The van der Waals surface area contributed by atoms with Crippen LogP contribution in [0.4, 0.5) is 0 Å². The molecule has 0 saturated carbocycles. The van der Waals surface area contributed by atoms with E-state index in [0.717, 1.165) is 12.8 Å². The lowest BCUT2D eigenvalue weighted by Gasteiger charge is -2.07. The highest BCUT2D eigenvalue weighted by Crippen LogP contribution is 2.19. The fourth-order valence-electron chi connectivity index (χ4n) is 1.30. The molecule has 1 heterocycles. The Morgan fingerprint density at radius 3 is 2.82 bits per heavy atom. The van der Waals surface area contributed by atoms with Gasteiger partial charge in [-0.05, 0) is 24.8 Å². The van der Waals surface area contributed by atoms with Gasteiger partial charge in [0.05, 0.1) is 17.2 Å². The second kappa shape index (κ2) is 6.82. The van der Waals surface area contributed by atoms with Gasteiger partial charge >= 0.3 is 5.97 Å². The standard InChI is InChI=1S/C12H15Cl2NO2/c1-8(2)4-3-5-17-12(16)9-6-11(14)15-7-10(9)13/h6-8H,3-5H2,1-2H3. The number of esters is 1. The fraction of sp³-hybridized carbons (Fsp3) is 0.500. The quantitative estimate of drug-likeness (QED) is 0.464. The molecule has 0 aliphatic heterocycles. The molecule has 3 nitrogen and oxygen atoms in total. The van der Waals surface area contributed by atoms with Gasteiger partial charge in [-0.3, -0.25) is 0 Å². The van der Waals surface area contributed by atoms with E-state index >= 15 is 0 Å². The van der Waals surface area contributed by atoms with Crippen molar-refractivity contribution in [3.8, 4) is 0 Å². The van der Waals surface area contributed by atoms with E-state index in [2.05, 4.69) is 18.8 Å². The molecule has 1 aromatic heterocycles. The van der Waals surface area contributed by atoms with E-state index in [1.807, 2.05) is 0 Å². The lowest BCUT2D eigenvalue weighted by atomic mass is 10.1. The smallest absolute Gasteiger partial charge is 0.339 e. The van der Waals surface area contributed by atoms with Crippen LogP contribution in [-0.4, -0.2) is 17.6 Å². The molecule has 94 valence electrons. The predicted octanol–water partition coefficient (Wildman–Crippen LogP) is 3.98. The molecule has 0 unspecified atom stereocenters. The average molecular weight is 276 g/mol. The zero-order valence-electron chi connectivity index (χ0n) is 9.87. The summed E-state index contributed by atoms with van der Waals surface area (Å²) in [6.45, 7) is 4.65. The molecule has 0 aliphatic carbocycles. The van der Waals surface area contributed by atoms with Crippen molar-refractivity contribution in [3.63, 3.8) is 0 Å². The minimum atomic E-state index is -0.456. The molecule has 1 rings (SSSR count). The number of nitrogens with zero attached hydrogens (tertiary/aromatic N) is 1. The van der Waals surface area contributed by atoms with E-state index in [9.17, 15) is 4.79 Å². The van der Waals surface area contributed by atoms with Gasteiger partial charge in [-0.2, -0.15) is 0 Å². The van der Waals surface area contributed by atoms with E-state index in [0.29, 0.717) is 12.5 Å². The zero-order chi connectivity index (χ0) is 12.8. The molecule has 0 atom stereocenters. The number of hydrogen-bond acceptors (Lipinski definition) is 3. The summed E-state index contributed by atoms with van der Waals surface area (Å²) in [7, 11) is 0. The maximum Gasteiger partial charge on any atom is 0.339 e. The second-order valence-electron chi connectivity index (χ2n) is 4.16. The van der Waals surface area contributed by atoms with Crippen molar-refractivity contribution < 1.29 is 9.53 Å². The van der Waals surface area contributed by atoms with Crippen molar-refractivity contribution in [2.75, 3.05) is 6.61 Å². The molecular weight excluding hydrogens is 261 g/mol. The van der Waals surface area contributed by atoms with E-state index in [-0.39, 0.29) is 15.7 Å². The summed E-state index contributed by atoms with van der Waals surface area (Å²) >= 11 is 11.5. The minimum Gasteiger partial charge on any atom is -0.462 e. The first-order chi connectivity index (χ1) is 8.00. The summed E-state index contributed by atoms with van der Waals surface area (Å²) in [5.74, 6) is 0.149. The minimum absolute atomic E-state index is 0.225. The van der Waals surface area contributed by atoms with E-state index < -0.39 is 5.97 Å². The molecular formula is C12H15Cl2NO2. The summed E-state index contributed by atoms with van der Waals surface area (Å²) in [5.41, 5.74) is 0.260. The molecule has 1 aromatic rings. The Morgan fingerprint density at radius 1 is 1.47 bits per heavy atom. The number of aromatic nitrogens is 1. The van der Waals surface area contributed by atoms with Gasteiger partial charge in [0.1, 0.15) is 5.15 Å². The van der Waals surface area contributed by atoms with E-state index in [4.69, 9.17) is 27.9 Å². The highest BCUT2D eigenvalue weighted by molar-refractivity contribution is 6.34. The van der Waals surface area contributed by atoms with Gasteiger partial charge in [-0.25, -0.2) is 9.78 Å². The van der Waals surface area contributed by atoms with Crippen molar-refractivity contribution >= 4 is 29.2 Å². The van der Waals surface area contributed by atoms with Gasteiger partial charge in [0.2, 0.25) is 0 Å². The first-order valence-corrected chi connectivity index (χ1v) is 6.24. The number of hydrogen-bond donors (Lipinski definition) is 0. The van der Waals surface area contributed by atoms with E-state index in [1.54, 1.807) is 0 Å². The molecule has 0 aromatic carbocycles. The Morgan fingerprint density at radius 2 is 2.18 bits per heavy atom. The molecule has 0 bridgehead atoms. The molecule has 17 heavy (non-hydrogen) atoms. The highest BCUT2D eigenvalue weighted by Gasteiger charge is 2.12. The van der Waals surface area contributed by atoms with Crippen molar-refractivity contribution in [3.05, 3.63) is 28.0 Å². The van der Waals surface area contributed by atoms with Gasteiger partial charge in [-0.1, -0.05) is 37.0 Å². The monoisotopic (exact) mass is 275 g/mol. The summed E-state index contributed by atoms with van der Waals surface area (Å²) in [6, 6.07) is 1.41. The van der Waals surface area contributed by atoms with Gasteiger partial charge < -0.3 is 4.74 Å². The summed E-state index contributed by atoms with van der Waals surface area (Å²) < 4.78 is 5.10. The molecule has 5 heteroatoms. The van der Waals surface area contributed by atoms with Crippen LogP contribution < -0.4 is 0 Å². The lowest BCUT2D eigenvalue weighted by molar-refractivity contribution is 0.0495. The number of pyridine rings is 1. The number of ether oxygens (including phenoxy) is 1. The zero-order valence-corrected chi connectivity index (χ0v) is 11.4. The van der Waals surface area contributed by atoms with Crippen LogP contribution in [0.3, 0.4) is 0 Å². The van der Waals surface area contributed by atoms with Gasteiger partial charge in [0.15, 0.2) is 0 Å². The Balaban J connectivity index is 2.49. The normalized spacial score (nSPS) is 10.6. The fourth-order valence-corrected chi connectivity index (χ4v) is 1.64. The van der Waals surface area contributed by atoms with Crippen molar-refractivity contribution in [2.24, 2.45) is 5.92 Å². The van der Waals surface area contributed by atoms with Gasteiger partial charge in [0, 0.05) is 6.20 Å². The molecule has 0 radical (unpaired) electrons. The van der Waals surface area contributed by atoms with E-state index in [1.165, 1.54) is 12.3 Å². The lowest BCUT2D eigenvalue weighted by Crippen LogP contribution is -2.08. The Labute approximate surface area is 111 Å². The average Bonchev–Trinajstić information content (AvgIpc) is 2.27. The number of carbonyl (C=O) groups is 1. The second-order valence-corrected chi connectivity index (χ2v) is 4.95.